The van der Waals surface area contributed by atoms with E-state index >= 15 is 0 Å². The van der Waals surface area contributed by atoms with Crippen LogP contribution in [0.4, 0.5) is 5.69 Å². The molecule has 30 heavy (non-hydrogen) atoms. The molecular weight excluding hydrogens is 493 g/mol. The second-order valence-corrected chi connectivity index (χ2v) is 6.33. The van der Waals surface area contributed by atoms with Crippen molar-refractivity contribution in [3.8, 4) is 17.2 Å². The highest BCUT2D eigenvalue weighted by Gasteiger charge is 2.06. The summed E-state index contributed by atoms with van der Waals surface area (Å²) in [6.45, 7) is 3.45. The van der Waals surface area contributed by atoms with E-state index in [1.807, 2.05) is 72.5 Å². The number of nitrogens with zero attached hydrogens (tertiary/aromatic N) is 3. The minimum absolute atomic E-state index is 0. The fourth-order valence-electron chi connectivity index (χ4n) is 2.87. The number of guanidine groups is 1. The van der Waals surface area contributed by atoms with E-state index < -0.39 is 0 Å². The molecule has 7 nitrogen and oxygen atoms in total. The SMILES string of the molecule is CCNC(=NCCc1cnn(-c2ccccc2)c1)Nc1ccc(OC)c(OC)c1.I. The number of halogens is 1. The Balaban J connectivity index is 0.00000320. The lowest BCUT2D eigenvalue weighted by molar-refractivity contribution is 0.355. The van der Waals surface area contributed by atoms with Gasteiger partial charge in [0.15, 0.2) is 17.5 Å². The molecule has 3 rings (SSSR count). The van der Waals surface area contributed by atoms with Crippen LogP contribution in [0.1, 0.15) is 12.5 Å². The lowest BCUT2D eigenvalue weighted by Gasteiger charge is -2.13. The molecule has 8 heteroatoms. The standard InChI is InChI=1S/C22H27N5O2.HI/c1-4-23-22(26-18-10-11-20(28-2)21(14-18)29-3)24-13-12-17-15-25-27(16-17)19-8-6-5-7-9-19;/h5-11,14-16H,4,12-13H2,1-3H3,(H2,23,24,26);1H. The number of hydrogen-bond donors (Lipinski definition) is 2. The van der Waals surface area contributed by atoms with Crippen LogP contribution >= 0.6 is 24.0 Å². The fraction of sp³-hybridized carbons (Fsp3) is 0.273. The minimum atomic E-state index is 0. The van der Waals surface area contributed by atoms with Crippen molar-refractivity contribution in [1.82, 2.24) is 15.1 Å². The van der Waals surface area contributed by atoms with Gasteiger partial charge in [0.05, 0.1) is 26.1 Å². The van der Waals surface area contributed by atoms with Gasteiger partial charge in [0.2, 0.25) is 0 Å². The molecule has 2 aromatic carbocycles. The summed E-state index contributed by atoms with van der Waals surface area (Å²) in [6, 6.07) is 15.7. The second-order valence-electron chi connectivity index (χ2n) is 6.33. The third-order valence-electron chi connectivity index (χ3n) is 4.32. The van der Waals surface area contributed by atoms with Gasteiger partial charge >= 0.3 is 0 Å². The highest BCUT2D eigenvalue weighted by Crippen LogP contribution is 2.29. The van der Waals surface area contributed by atoms with Gasteiger partial charge in [-0.2, -0.15) is 5.10 Å². The number of aliphatic imine (C=N–C) groups is 1. The molecule has 1 aromatic heterocycles. The molecule has 0 aliphatic carbocycles. The molecule has 160 valence electrons. The molecule has 0 amide bonds. The van der Waals surface area contributed by atoms with Crippen LogP contribution < -0.4 is 20.1 Å². The number of anilines is 1. The summed E-state index contributed by atoms with van der Waals surface area (Å²) in [5.74, 6) is 2.08. The van der Waals surface area contributed by atoms with Crippen LogP contribution in [-0.4, -0.2) is 43.0 Å². The van der Waals surface area contributed by atoms with Crippen LogP contribution in [0.5, 0.6) is 11.5 Å². The van der Waals surface area contributed by atoms with E-state index in [-0.39, 0.29) is 24.0 Å². The van der Waals surface area contributed by atoms with Crippen molar-refractivity contribution in [2.45, 2.75) is 13.3 Å². The molecule has 0 aliphatic rings. The van der Waals surface area contributed by atoms with Crippen LogP contribution in [0.25, 0.3) is 5.69 Å². The molecule has 0 bridgehead atoms. The Kier molecular flexibility index (Phi) is 9.46. The van der Waals surface area contributed by atoms with Crippen LogP contribution in [0.2, 0.25) is 0 Å². The smallest absolute Gasteiger partial charge is 0.195 e. The average molecular weight is 521 g/mol. The van der Waals surface area contributed by atoms with Crippen LogP contribution in [-0.2, 0) is 6.42 Å². The summed E-state index contributed by atoms with van der Waals surface area (Å²) in [5, 5.41) is 11.0. The third kappa shape index (κ3) is 6.38. The first kappa shape index (κ1) is 23.5. The van der Waals surface area contributed by atoms with Crippen molar-refractivity contribution in [2.75, 3.05) is 32.6 Å². The maximum Gasteiger partial charge on any atom is 0.195 e. The molecule has 2 N–H and O–H groups in total. The molecule has 3 aromatic rings. The third-order valence-corrected chi connectivity index (χ3v) is 4.32. The van der Waals surface area contributed by atoms with Crippen molar-refractivity contribution in [3.63, 3.8) is 0 Å². The Labute approximate surface area is 194 Å². The number of hydrogen-bond acceptors (Lipinski definition) is 4. The van der Waals surface area contributed by atoms with Crippen molar-refractivity contribution >= 4 is 35.6 Å². The molecule has 0 saturated carbocycles. The first-order chi connectivity index (χ1) is 14.2. The second kappa shape index (κ2) is 12.1. The van der Waals surface area contributed by atoms with E-state index in [0.717, 1.165) is 35.9 Å². The van der Waals surface area contributed by atoms with Gasteiger partial charge in [-0.25, -0.2) is 4.68 Å². The van der Waals surface area contributed by atoms with Gasteiger partial charge in [-0.15, -0.1) is 24.0 Å². The maximum atomic E-state index is 5.36. The molecule has 1 heterocycles. The molecule has 0 radical (unpaired) electrons. The zero-order valence-electron chi connectivity index (χ0n) is 17.5. The highest BCUT2D eigenvalue weighted by molar-refractivity contribution is 14.0. The summed E-state index contributed by atoms with van der Waals surface area (Å²) in [5.41, 5.74) is 3.06. The van der Waals surface area contributed by atoms with E-state index in [1.165, 1.54) is 0 Å². The summed E-state index contributed by atoms with van der Waals surface area (Å²) in [7, 11) is 3.24. The van der Waals surface area contributed by atoms with Gasteiger partial charge in [0.25, 0.3) is 0 Å². The van der Waals surface area contributed by atoms with Gasteiger partial charge in [0, 0.05) is 31.0 Å². The van der Waals surface area contributed by atoms with E-state index in [1.54, 1.807) is 14.2 Å². The molecular formula is C22H28IN5O2. The number of benzene rings is 2. The normalized spacial score (nSPS) is 10.8. The zero-order chi connectivity index (χ0) is 20.5. The molecule has 0 fully saturated rings. The number of ether oxygens (including phenoxy) is 2. The number of methoxy groups -OCH3 is 2. The highest BCUT2D eigenvalue weighted by atomic mass is 127. The Bertz CT molecular complexity index is 944. The summed E-state index contributed by atoms with van der Waals surface area (Å²) < 4.78 is 12.5. The van der Waals surface area contributed by atoms with Crippen LogP contribution in [0.3, 0.4) is 0 Å². The first-order valence-electron chi connectivity index (χ1n) is 9.59. The van der Waals surface area contributed by atoms with Crippen molar-refractivity contribution in [3.05, 3.63) is 66.5 Å². The lowest BCUT2D eigenvalue weighted by Crippen LogP contribution is -2.30. The Morgan fingerprint density at radius 2 is 1.83 bits per heavy atom. The molecule has 0 unspecified atom stereocenters. The van der Waals surface area contributed by atoms with Gasteiger partial charge in [-0.3, -0.25) is 4.99 Å². The number of aromatic nitrogens is 2. The van der Waals surface area contributed by atoms with Gasteiger partial charge in [-0.05, 0) is 43.2 Å². The van der Waals surface area contributed by atoms with Gasteiger partial charge < -0.3 is 20.1 Å². The summed E-state index contributed by atoms with van der Waals surface area (Å²) in [6.07, 6.45) is 4.73. The summed E-state index contributed by atoms with van der Waals surface area (Å²) in [4.78, 5) is 4.67. The average Bonchev–Trinajstić information content (AvgIpc) is 3.23. The Morgan fingerprint density at radius 1 is 1.07 bits per heavy atom. The molecule has 0 atom stereocenters. The zero-order valence-corrected chi connectivity index (χ0v) is 19.8. The molecule has 0 spiro atoms. The Morgan fingerprint density at radius 3 is 2.53 bits per heavy atom. The topological polar surface area (TPSA) is 72.7 Å². The summed E-state index contributed by atoms with van der Waals surface area (Å²) >= 11 is 0. The minimum Gasteiger partial charge on any atom is -0.493 e. The molecule has 0 saturated heterocycles. The largest absolute Gasteiger partial charge is 0.493 e. The fourth-order valence-corrected chi connectivity index (χ4v) is 2.87. The predicted octanol–water partition coefficient (Wildman–Crippen LogP) is 4.13. The van der Waals surface area contributed by atoms with Crippen LogP contribution in [0, 0.1) is 0 Å². The monoisotopic (exact) mass is 521 g/mol. The quantitative estimate of drug-likeness (QED) is 0.265. The van der Waals surface area contributed by atoms with E-state index in [2.05, 4.69) is 20.7 Å². The van der Waals surface area contributed by atoms with Crippen LogP contribution in [0.15, 0.2) is 65.9 Å². The number of para-hydroxylation sites is 1. The first-order valence-corrected chi connectivity index (χ1v) is 9.59. The van der Waals surface area contributed by atoms with E-state index in [0.29, 0.717) is 18.0 Å². The molecule has 0 aliphatic heterocycles. The van der Waals surface area contributed by atoms with Crippen molar-refractivity contribution in [2.24, 2.45) is 4.99 Å². The number of rotatable bonds is 8. The lowest BCUT2D eigenvalue weighted by atomic mass is 10.2. The number of nitrogens with one attached hydrogen (secondary N) is 2. The van der Waals surface area contributed by atoms with Crippen molar-refractivity contribution < 1.29 is 9.47 Å². The van der Waals surface area contributed by atoms with Gasteiger partial charge in [-0.1, -0.05) is 18.2 Å². The Hall–Kier alpha value is -2.75. The van der Waals surface area contributed by atoms with Crippen molar-refractivity contribution in [1.29, 1.82) is 0 Å². The van der Waals surface area contributed by atoms with E-state index in [9.17, 15) is 0 Å². The van der Waals surface area contributed by atoms with E-state index in [4.69, 9.17) is 9.47 Å². The predicted molar refractivity (Wildman–Crippen MR) is 132 cm³/mol. The van der Waals surface area contributed by atoms with Gasteiger partial charge in [0.1, 0.15) is 0 Å². The maximum absolute atomic E-state index is 5.36.